The number of carbonyl (C=O) groups is 1. The predicted octanol–water partition coefficient (Wildman–Crippen LogP) is 4.92. The van der Waals surface area contributed by atoms with E-state index in [-0.39, 0.29) is 17.3 Å². The Bertz CT molecular complexity index is 1430. The molecule has 1 aliphatic rings. The van der Waals surface area contributed by atoms with Crippen LogP contribution in [-0.4, -0.2) is 29.3 Å². The lowest BCUT2D eigenvalue weighted by Crippen LogP contribution is -2.26. The van der Waals surface area contributed by atoms with Crippen LogP contribution in [0.15, 0.2) is 89.9 Å². The topological polar surface area (TPSA) is 94.5 Å². The van der Waals surface area contributed by atoms with E-state index in [0.29, 0.717) is 40.9 Å². The molecular weight excluding hydrogens is 456 g/mol. The van der Waals surface area contributed by atoms with Crippen LogP contribution in [0, 0.1) is 5.92 Å². The minimum atomic E-state index is -0.398. The Morgan fingerprint density at radius 3 is 2.56 bits per heavy atom. The molecule has 0 aliphatic heterocycles. The Kier molecular flexibility index (Phi) is 6.66. The number of benzene rings is 3. The standard InChI is InChI=1S/C28H26N4O4/c1-35-23-11-6-12-24(16-23)36-25-18-30-32(22-9-3-2-4-10-22)28(34)26(25)31-21-8-5-7-20(15-21)27(33)29-17-19-13-14-19/h2-12,15-16,18-19,31H,13-14,17H2,1H3,(H,29,33). The van der Waals surface area contributed by atoms with Gasteiger partial charge in [-0.1, -0.05) is 30.3 Å². The van der Waals surface area contributed by atoms with Crippen LogP contribution in [0.3, 0.4) is 0 Å². The van der Waals surface area contributed by atoms with E-state index >= 15 is 0 Å². The highest BCUT2D eigenvalue weighted by atomic mass is 16.5. The summed E-state index contributed by atoms with van der Waals surface area (Å²) >= 11 is 0. The summed E-state index contributed by atoms with van der Waals surface area (Å²) in [6.07, 6.45) is 3.81. The molecule has 1 aliphatic carbocycles. The number of rotatable bonds is 9. The molecule has 5 rings (SSSR count). The average Bonchev–Trinajstić information content (AvgIpc) is 3.75. The molecule has 3 aromatic carbocycles. The van der Waals surface area contributed by atoms with Gasteiger partial charge >= 0.3 is 0 Å². The number of amides is 1. The van der Waals surface area contributed by atoms with Crippen LogP contribution in [0.4, 0.5) is 11.4 Å². The summed E-state index contributed by atoms with van der Waals surface area (Å²) in [4.78, 5) is 26.2. The quantitative estimate of drug-likeness (QED) is 0.352. The highest BCUT2D eigenvalue weighted by Crippen LogP contribution is 2.31. The number of carbonyl (C=O) groups excluding carboxylic acids is 1. The van der Waals surface area contributed by atoms with Crippen molar-refractivity contribution < 1.29 is 14.3 Å². The molecule has 1 heterocycles. The van der Waals surface area contributed by atoms with Gasteiger partial charge in [0, 0.05) is 23.9 Å². The van der Waals surface area contributed by atoms with Crippen molar-refractivity contribution in [3.8, 4) is 22.9 Å². The monoisotopic (exact) mass is 482 g/mol. The van der Waals surface area contributed by atoms with Crippen molar-refractivity contribution in [1.82, 2.24) is 15.1 Å². The van der Waals surface area contributed by atoms with Crippen molar-refractivity contribution in [2.45, 2.75) is 12.8 Å². The van der Waals surface area contributed by atoms with Gasteiger partial charge in [-0.05, 0) is 61.2 Å². The Labute approximate surface area is 208 Å². The number of hydrogen-bond acceptors (Lipinski definition) is 6. The average molecular weight is 483 g/mol. The Morgan fingerprint density at radius 1 is 1.00 bits per heavy atom. The molecule has 36 heavy (non-hydrogen) atoms. The fourth-order valence-electron chi connectivity index (χ4n) is 3.72. The number of methoxy groups -OCH3 is 1. The van der Waals surface area contributed by atoms with Crippen molar-refractivity contribution in [1.29, 1.82) is 0 Å². The lowest BCUT2D eigenvalue weighted by molar-refractivity contribution is 0.0952. The van der Waals surface area contributed by atoms with E-state index in [1.54, 1.807) is 67.8 Å². The smallest absolute Gasteiger partial charge is 0.299 e. The van der Waals surface area contributed by atoms with Crippen LogP contribution in [0.5, 0.6) is 17.2 Å². The first kappa shape index (κ1) is 23.2. The van der Waals surface area contributed by atoms with Gasteiger partial charge in [0.05, 0.1) is 19.0 Å². The third kappa shape index (κ3) is 5.38. The first-order chi connectivity index (χ1) is 17.6. The summed E-state index contributed by atoms with van der Waals surface area (Å²) in [5, 5.41) is 10.5. The SMILES string of the molecule is COc1cccc(Oc2cnn(-c3ccccc3)c(=O)c2Nc2cccc(C(=O)NCC3CC3)c2)c1. The number of nitrogens with one attached hydrogen (secondary N) is 2. The third-order valence-electron chi connectivity index (χ3n) is 5.86. The molecule has 2 N–H and O–H groups in total. The van der Waals surface area contributed by atoms with E-state index in [1.807, 2.05) is 18.2 Å². The van der Waals surface area contributed by atoms with Crippen molar-refractivity contribution >= 4 is 17.3 Å². The van der Waals surface area contributed by atoms with Gasteiger partial charge in [-0.2, -0.15) is 9.78 Å². The summed E-state index contributed by atoms with van der Waals surface area (Å²) < 4.78 is 12.6. The molecule has 0 saturated heterocycles. The number of ether oxygens (including phenoxy) is 2. The largest absolute Gasteiger partial charge is 0.497 e. The summed E-state index contributed by atoms with van der Waals surface area (Å²) in [6, 6.07) is 23.2. The summed E-state index contributed by atoms with van der Waals surface area (Å²) in [5.74, 6) is 1.79. The maximum atomic E-state index is 13.6. The van der Waals surface area contributed by atoms with Crippen molar-refractivity contribution in [2.75, 3.05) is 19.0 Å². The van der Waals surface area contributed by atoms with Gasteiger partial charge in [0.2, 0.25) is 0 Å². The van der Waals surface area contributed by atoms with Gasteiger partial charge in [0.1, 0.15) is 11.5 Å². The van der Waals surface area contributed by atoms with E-state index in [1.165, 1.54) is 10.9 Å². The van der Waals surface area contributed by atoms with Gasteiger partial charge in [0.25, 0.3) is 11.5 Å². The molecule has 0 atom stereocenters. The van der Waals surface area contributed by atoms with Crippen molar-refractivity contribution in [2.24, 2.45) is 5.92 Å². The van der Waals surface area contributed by atoms with Gasteiger partial charge < -0.3 is 20.1 Å². The Hall–Kier alpha value is -4.59. The zero-order valence-corrected chi connectivity index (χ0v) is 19.8. The highest BCUT2D eigenvalue weighted by molar-refractivity contribution is 5.95. The van der Waals surface area contributed by atoms with Crippen LogP contribution < -0.4 is 25.7 Å². The number of hydrogen-bond donors (Lipinski definition) is 2. The molecule has 0 bridgehead atoms. The highest BCUT2D eigenvalue weighted by Gasteiger charge is 2.22. The van der Waals surface area contributed by atoms with Crippen LogP contribution in [0.2, 0.25) is 0 Å². The molecule has 1 aromatic heterocycles. The molecule has 1 saturated carbocycles. The minimum absolute atomic E-state index is 0.144. The predicted molar refractivity (Wildman–Crippen MR) is 138 cm³/mol. The fourth-order valence-corrected chi connectivity index (χ4v) is 3.72. The minimum Gasteiger partial charge on any atom is -0.497 e. The van der Waals surface area contributed by atoms with E-state index < -0.39 is 5.56 Å². The van der Waals surface area contributed by atoms with E-state index in [4.69, 9.17) is 9.47 Å². The van der Waals surface area contributed by atoms with E-state index in [2.05, 4.69) is 15.7 Å². The van der Waals surface area contributed by atoms with Crippen LogP contribution in [0.1, 0.15) is 23.2 Å². The zero-order chi connectivity index (χ0) is 24.9. The van der Waals surface area contributed by atoms with Crippen LogP contribution in [-0.2, 0) is 0 Å². The van der Waals surface area contributed by atoms with Gasteiger partial charge in [0.15, 0.2) is 11.4 Å². The second kappa shape index (κ2) is 10.4. The first-order valence-electron chi connectivity index (χ1n) is 11.8. The number of nitrogens with zero attached hydrogens (tertiary/aromatic N) is 2. The molecule has 182 valence electrons. The number of para-hydroxylation sites is 1. The van der Waals surface area contributed by atoms with Crippen LogP contribution in [0.25, 0.3) is 5.69 Å². The zero-order valence-electron chi connectivity index (χ0n) is 19.8. The van der Waals surface area contributed by atoms with Crippen molar-refractivity contribution in [3.63, 3.8) is 0 Å². The van der Waals surface area contributed by atoms with E-state index in [9.17, 15) is 9.59 Å². The number of anilines is 2. The summed E-state index contributed by atoms with van der Waals surface area (Å²) in [5.41, 5.74) is 1.49. The fraction of sp³-hybridized carbons (Fsp3) is 0.179. The lowest BCUT2D eigenvalue weighted by atomic mass is 10.2. The second-order valence-electron chi connectivity index (χ2n) is 8.58. The van der Waals surface area contributed by atoms with E-state index in [0.717, 1.165) is 12.8 Å². The van der Waals surface area contributed by atoms with Crippen LogP contribution >= 0.6 is 0 Å². The first-order valence-corrected chi connectivity index (χ1v) is 11.8. The molecule has 8 nitrogen and oxygen atoms in total. The third-order valence-corrected chi connectivity index (χ3v) is 5.86. The summed E-state index contributed by atoms with van der Waals surface area (Å²) in [6.45, 7) is 0.682. The number of aromatic nitrogens is 2. The molecule has 4 aromatic rings. The normalized spacial score (nSPS) is 12.6. The lowest BCUT2D eigenvalue weighted by Gasteiger charge is -2.15. The Morgan fingerprint density at radius 2 is 1.78 bits per heavy atom. The van der Waals surface area contributed by atoms with Gasteiger partial charge in [-0.25, -0.2) is 0 Å². The molecular formula is C28H26N4O4. The summed E-state index contributed by atoms with van der Waals surface area (Å²) in [7, 11) is 1.57. The second-order valence-corrected chi connectivity index (χ2v) is 8.58. The molecule has 8 heteroatoms. The Balaban J connectivity index is 1.49. The molecule has 0 radical (unpaired) electrons. The maximum absolute atomic E-state index is 13.6. The molecule has 1 fully saturated rings. The van der Waals surface area contributed by atoms with Crippen molar-refractivity contribution in [3.05, 3.63) is 101 Å². The van der Waals surface area contributed by atoms with Gasteiger partial charge in [-0.15, -0.1) is 0 Å². The molecule has 1 amide bonds. The maximum Gasteiger partial charge on any atom is 0.299 e. The molecule has 0 unspecified atom stereocenters. The van der Waals surface area contributed by atoms with Gasteiger partial charge in [-0.3, -0.25) is 9.59 Å². The molecule has 0 spiro atoms.